The number of tetrazole rings is 1. The third-order valence-corrected chi connectivity index (χ3v) is 3.44. The zero-order chi connectivity index (χ0) is 13.9. The quantitative estimate of drug-likeness (QED) is 0.776. The van der Waals surface area contributed by atoms with Gasteiger partial charge in [0, 0.05) is 17.8 Å². The Morgan fingerprint density at radius 3 is 3.15 bits per heavy atom. The fourth-order valence-electron chi connectivity index (χ4n) is 2.41. The van der Waals surface area contributed by atoms with Crippen molar-refractivity contribution in [3.05, 3.63) is 35.2 Å². The number of rotatable bonds is 3. The van der Waals surface area contributed by atoms with Crippen LogP contribution < -0.4 is 10.6 Å². The summed E-state index contributed by atoms with van der Waals surface area (Å²) in [6.45, 7) is 2.79. The maximum absolute atomic E-state index is 12.4. The van der Waals surface area contributed by atoms with Gasteiger partial charge in [-0.05, 0) is 37.5 Å². The molecule has 0 saturated carbocycles. The zero-order valence-corrected chi connectivity index (χ0v) is 11.2. The van der Waals surface area contributed by atoms with Crippen LogP contribution in [0, 0.1) is 0 Å². The average molecular weight is 272 g/mol. The standard InChI is InChI=1S/C13H16N6O/c1-8(12-16-18-19-17-12)15-13(20)10-4-2-6-11-9(10)5-3-7-14-11/h2,4,6,8,14H,3,5,7H2,1H3,(H,15,20)(H,16,17,18,19). The molecule has 0 bridgehead atoms. The van der Waals surface area contributed by atoms with Crippen LogP contribution in [0.4, 0.5) is 5.69 Å². The summed E-state index contributed by atoms with van der Waals surface area (Å²) in [4.78, 5) is 12.4. The lowest BCUT2D eigenvalue weighted by atomic mass is 9.97. The smallest absolute Gasteiger partial charge is 0.252 e. The first kappa shape index (κ1) is 12.6. The van der Waals surface area contributed by atoms with Gasteiger partial charge in [-0.2, -0.15) is 5.21 Å². The van der Waals surface area contributed by atoms with Crippen LogP contribution in [0.25, 0.3) is 0 Å². The lowest BCUT2D eigenvalue weighted by Gasteiger charge is -2.21. The Morgan fingerprint density at radius 2 is 2.35 bits per heavy atom. The number of carbonyl (C=O) groups excluding carboxylic acids is 1. The number of hydrogen-bond acceptors (Lipinski definition) is 5. The molecule has 0 saturated heterocycles. The number of aromatic nitrogens is 4. The topological polar surface area (TPSA) is 95.6 Å². The highest BCUT2D eigenvalue weighted by Gasteiger charge is 2.20. The molecule has 104 valence electrons. The Morgan fingerprint density at radius 1 is 1.45 bits per heavy atom. The van der Waals surface area contributed by atoms with Crippen molar-refractivity contribution in [2.45, 2.75) is 25.8 Å². The predicted octanol–water partition coefficient (Wildman–Crippen LogP) is 1.05. The molecule has 1 atom stereocenters. The van der Waals surface area contributed by atoms with Gasteiger partial charge in [-0.15, -0.1) is 10.2 Å². The van der Waals surface area contributed by atoms with E-state index >= 15 is 0 Å². The van der Waals surface area contributed by atoms with Crippen LogP contribution in [0.2, 0.25) is 0 Å². The Hall–Kier alpha value is -2.44. The summed E-state index contributed by atoms with van der Waals surface area (Å²) in [7, 11) is 0. The van der Waals surface area contributed by atoms with Gasteiger partial charge in [-0.1, -0.05) is 11.3 Å². The molecule has 7 heteroatoms. The number of amides is 1. The summed E-state index contributed by atoms with van der Waals surface area (Å²) in [5.41, 5.74) is 2.85. The number of H-pyrrole nitrogens is 1. The van der Waals surface area contributed by atoms with Crippen molar-refractivity contribution in [1.29, 1.82) is 0 Å². The maximum Gasteiger partial charge on any atom is 0.252 e. The van der Waals surface area contributed by atoms with E-state index in [4.69, 9.17) is 0 Å². The molecule has 3 rings (SSSR count). The molecule has 7 nitrogen and oxygen atoms in total. The van der Waals surface area contributed by atoms with Crippen LogP contribution in [-0.4, -0.2) is 33.1 Å². The van der Waals surface area contributed by atoms with Gasteiger partial charge < -0.3 is 10.6 Å². The second kappa shape index (κ2) is 5.28. The maximum atomic E-state index is 12.4. The highest BCUT2D eigenvalue weighted by molar-refractivity contribution is 5.97. The van der Waals surface area contributed by atoms with Gasteiger partial charge in [-0.25, -0.2) is 0 Å². The molecule has 0 spiro atoms. The molecule has 1 aromatic carbocycles. The van der Waals surface area contributed by atoms with Crippen molar-refractivity contribution in [2.75, 3.05) is 11.9 Å². The Labute approximate surface area is 116 Å². The van der Waals surface area contributed by atoms with Crippen molar-refractivity contribution in [2.24, 2.45) is 0 Å². The van der Waals surface area contributed by atoms with Crippen LogP contribution in [0.15, 0.2) is 18.2 Å². The monoisotopic (exact) mass is 272 g/mol. The summed E-state index contributed by atoms with van der Waals surface area (Å²) >= 11 is 0. The molecular formula is C13H16N6O. The fraction of sp³-hybridized carbons (Fsp3) is 0.385. The van der Waals surface area contributed by atoms with E-state index < -0.39 is 0 Å². The van der Waals surface area contributed by atoms with E-state index in [0.29, 0.717) is 11.4 Å². The second-order valence-electron chi connectivity index (χ2n) is 4.83. The van der Waals surface area contributed by atoms with Gasteiger partial charge >= 0.3 is 0 Å². The molecule has 1 amide bonds. The largest absolute Gasteiger partial charge is 0.385 e. The molecular weight excluding hydrogens is 256 g/mol. The average Bonchev–Trinajstić information content (AvgIpc) is 3.01. The highest BCUT2D eigenvalue weighted by atomic mass is 16.1. The number of fused-ring (bicyclic) bond motifs is 1. The lowest BCUT2D eigenvalue weighted by Crippen LogP contribution is -2.29. The Bertz CT molecular complexity index is 609. The van der Waals surface area contributed by atoms with E-state index in [1.807, 2.05) is 25.1 Å². The van der Waals surface area contributed by atoms with Gasteiger partial charge in [0.15, 0.2) is 5.82 Å². The number of aromatic amines is 1. The van der Waals surface area contributed by atoms with Crippen LogP contribution in [0.5, 0.6) is 0 Å². The van der Waals surface area contributed by atoms with Crippen LogP contribution in [-0.2, 0) is 6.42 Å². The summed E-state index contributed by atoms with van der Waals surface area (Å²) in [5.74, 6) is 0.365. The van der Waals surface area contributed by atoms with E-state index in [1.165, 1.54) is 0 Å². The fourth-order valence-corrected chi connectivity index (χ4v) is 2.41. The summed E-state index contributed by atoms with van der Waals surface area (Å²) in [6, 6.07) is 5.47. The first-order valence-electron chi connectivity index (χ1n) is 6.65. The van der Waals surface area contributed by atoms with E-state index in [9.17, 15) is 4.79 Å². The SMILES string of the molecule is CC(NC(=O)c1cccc2c1CCCN2)c1nn[nH]n1. The first-order chi connectivity index (χ1) is 9.75. The number of nitrogens with zero attached hydrogens (tertiary/aromatic N) is 3. The summed E-state index contributed by atoms with van der Waals surface area (Å²) < 4.78 is 0. The van der Waals surface area contributed by atoms with Gasteiger partial charge in [0.05, 0.1) is 6.04 Å². The minimum atomic E-state index is -0.284. The number of benzene rings is 1. The van der Waals surface area contributed by atoms with Crippen LogP contribution in [0.1, 0.15) is 41.1 Å². The van der Waals surface area contributed by atoms with Crippen molar-refractivity contribution in [1.82, 2.24) is 25.9 Å². The zero-order valence-electron chi connectivity index (χ0n) is 11.2. The normalized spacial score (nSPS) is 15.1. The molecule has 0 fully saturated rings. The van der Waals surface area contributed by atoms with Gasteiger partial charge in [0.25, 0.3) is 5.91 Å². The van der Waals surface area contributed by atoms with E-state index in [1.54, 1.807) is 0 Å². The van der Waals surface area contributed by atoms with Crippen molar-refractivity contribution in [3.8, 4) is 0 Å². The molecule has 0 aliphatic carbocycles. The molecule has 1 aromatic heterocycles. The van der Waals surface area contributed by atoms with E-state index in [-0.39, 0.29) is 11.9 Å². The molecule has 2 aromatic rings. The Kier molecular flexibility index (Phi) is 3.32. The first-order valence-corrected chi connectivity index (χ1v) is 6.65. The summed E-state index contributed by atoms with van der Waals surface area (Å²) in [5, 5.41) is 19.8. The third kappa shape index (κ3) is 2.34. The molecule has 1 unspecified atom stereocenters. The van der Waals surface area contributed by atoms with E-state index in [2.05, 4.69) is 31.3 Å². The van der Waals surface area contributed by atoms with Crippen molar-refractivity contribution < 1.29 is 4.79 Å². The van der Waals surface area contributed by atoms with E-state index in [0.717, 1.165) is 30.6 Å². The molecule has 3 N–H and O–H groups in total. The lowest BCUT2D eigenvalue weighted by molar-refractivity contribution is 0.0937. The number of anilines is 1. The minimum Gasteiger partial charge on any atom is -0.385 e. The van der Waals surface area contributed by atoms with Crippen molar-refractivity contribution >= 4 is 11.6 Å². The number of carbonyl (C=O) groups is 1. The second-order valence-corrected chi connectivity index (χ2v) is 4.83. The molecule has 1 aliphatic heterocycles. The predicted molar refractivity (Wildman–Crippen MR) is 73.3 cm³/mol. The number of hydrogen-bond donors (Lipinski definition) is 3. The van der Waals surface area contributed by atoms with Gasteiger partial charge in [-0.3, -0.25) is 4.79 Å². The van der Waals surface area contributed by atoms with Gasteiger partial charge in [0.1, 0.15) is 0 Å². The van der Waals surface area contributed by atoms with Gasteiger partial charge in [0.2, 0.25) is 0 Å². The highest BCUT2D eigenvalue weighted by Crippen LogP contribution is 2.25. The molecule has 1 aliphatic rings. The molecule has 20 heavy (non-hydrogen) atoms. The van der Waals surface area contributed by atoms with Crippen LogP contribution in [0.3, 0.4) is 0 Å². The molecule has 0 radical (unpaired) electrons. The Balaban J connectivity index is 1.81. The summed E-state index contributed by atoms with van der Waals surface area (Å²) in [6.07, 6.45) is 1.96. The minimum absolute atomic E-state index is 0.108. The molecule has 2 heterocycles. The van der Waals surface area contributed by atoms with Crippen LogP contribution >= 0.6 is 0 Å². The third-order valence-electron chi connectivity index (χ3n) is 3.44. The van der Waals surface area contributed by atoms with Crippen molar-refractivity contribution in [3.63, 3.8) is 0 Å². The number of nitrogens with one attached hydrogen (secondary N) is 3.